The lowest BCUT2D eigenvalue weighted by molar-refractivity contribution is -0.143. The summed E-state index contributed by atoms with van der Waals surface area (Å²) in [6.45, 7) is 10.7. The van der Waals surface area contributed by atoms with Gasteiger partial charge in [-0.15, -0.1) is 0 Å². The minimum atomic E-state index is -0.609. The van der Waals surface area contributed by atoms with Gasteiger partial charge < -0.3 is 21.7 Å². The molecule has 6 nitrogen and oxygen atoms in total. The standard InChI is InChI=1S/C21H36N4O2/c1-14(2)13-25(19(15(3)4)20(23)26)21(27)16(5)24-12-18(22)11-17-9-7-6-8-10-17/h6-10,14-16,18-19,24H,11-13,22H2,1-5H3,(H2,23,26)/t16-,18-,19-/m0/s1. The monoisotopic (exact) mass is 376 g/mol. The van der Waals surface area contributed by atoms with E-state index in [1.807, 2.05) is 65.0 Å². The minimum absolute atomic E-state index is 0.0438. The van der Waals surface area contributed by atoms with Crippen molar-refractivity contribution in [3.8, 4) is 0 Å². The van der Waals surface area contributed by atoms with Crippen LogP contribution < -0.4 is 16.8 Å². The maximum atomic E-state index is 13.0. The molecule has 0 heterocycles. The number of benzene rings is 1. The molecule has 6 heteroatoms. The van der Waals surface area contributed by atoms with Crippen LogP contribution in [0.1, 0.15) is 40.2 Å². The summed E-state index contributed by atoms with van der Waals surface area (Å²) in [6, 6.07) is 8.88. The van der Waals surface area contributed by atoms with Crippen molar-refractivity contribution in [2.75, 3.05) is 13.1 Å². The van der Waals surface area contributed by atoms with Crippen molar-refractivity contribution < 1.29 is 9.59 Å². The largest absolute Gasteiger partial charge is 0.368 e. The van der Waals surface area contributed by atoms with E-state index in [0.29, 0.717) is 13.1 Å². The van der Waals surface area contributed by atoms with Gasteiger partial charge in [0.25, 0.3) is 0 Å². The van der Waals surface area contributed by atoms with Gasteiger partial charge in [-0.1, -0.05) is 58.0 Å². The average molecular weight is 377 g/mol. The van der Waals surface area contributed by atoms with Crippen molar-refractivity contribution in [2.24, 2.45) is 23.3 Å². The molecular weight excluding hydrogens is 340 g/mol. The van der Waals surface area contributed by atoms with Gasteiger partial charge in [0.15, 0.2) is 0 Å². The highest BCUT2D eigenvalue weighted by Crippen LogP contribution is 2.15. The first-order chi connectivity index (χ1) is 12.6. The fourth-order valence-corrected chi connectivity index (χ4v) is 3.23. The van der Waals surface area contributed by atoms with E-state index >= 15 is 0 Å². The van der Waals surface area contributed by atoms with E-state index in [1.165, 1.54) is 5.56 Å². The molecule has 27 heavy (non-hydrogen) atoms. The van der Waals surface area contributed by atoms with E-state index in [2.05, 4.69) is 5.32 Å². The number of rotatable bonds is 11. The van der Waals surface area contributed by atoms with Crippen molar-refractivity contribution in [3.05, 3.63) is 35.9 Å². The summed E-state index contributed by atoms with van der Waals surface area (Å²) in [4.78, 5) is 26.6. The zero-order chi connectivity index (χ0) is 20.6. The molecule has 152 valence electrons. The van der Waals surface area contributed by atoms with Crippen LogP contribution >= 0.6 is 0 Å². The lowest BCUT2D eigenvalue weighted by Gasteiger charge is -2.35. The number of nitrogens with zero attached hydrogens (tertiary/aromatic N) is 1. The first-order valence-corrected chi connectivity index (χ1v) is 9.76. The summed E-state index contributed by atoms with van der Waals surface area (Å²) in [5.74, 6) is -0.389. The molecule has 0 aliphatic rings. The molecule has 1 aromatic carbocycles. The van der Waals surface area contributed by atoms with Crippen LogP contribution in [0.4, 0.5) is 0 Å². The van der Waals surface area contributed by atoms with Crippen LogP contribution in [0.5, 0.6) is 0 Å². The fraction of sp³-hybridized carbons (Fsp3) is 0.619. The topological polar surface area (TPSA) is 101 Å². The number of carbonyl (C=O) groups excluding carboxylic acids is 2. The maximum Gasteiger partial charge on any atom is 0.240 e. The lowest BCUT2D eigenvalue weighted by atomic mass is 9.99. The van der Waals surface area contributed by atoms with Gasteiger partial charge in [-0.2, -0.15) is 0 Å². The molecule has 0 spiro atoms. The normalized spacial score (nSPS) is 14.8. The van der Waals surface area contributed by atoms with Crippen LogP contribution in [-0.2, 0) is 16.0 Å². The van der Waals surface area contributed by atoms with Crippen LogP contribution in [0.3, 0.4) is 0 Å². The molecule has 0 saturated carbocycles. The van der Waals surface area contributed by atoms with Crippen molar-refractivity contribution in [2.45, 2.75) is 59.2 Å². The zero-order valence-corrected chi connectivity index (χ0v) is 17.3. The van der Waals surface area contributed by atoms with Crippen LogP contribution in [0.25, 0.3) is 0 Å². The second-order valence-electron chi connectivity index (χ2n) is 8.06. The third-order valence-corrected chi connectivity index (χ3v) is 4.50. The molecule has 0 unspecified atom stereocenters. The summed E-state index contributed by atoms with van der Waals surface area (Å²) in [6.07, 6.45) is 0.736. The van der Waals surface area contributed by atoms with Gasteiger partial charge in [-0.3, -0.25) is 9.59 Å². The third kappa shape index (κ3) is 7.69. The molecule has 0 fully saturated rings. The quantitative estimate of drug-likeness (QED) is 0.545. The summed E-state index contributed by atoms with van der Waals surface area (Å²) in [7, 11) is 0. The number of hydrogen-bond acceptors (Lipinski definition) is 4. The van der Waals surface area contributed by atoms with Gasteiger partial charge in [0.05, 0.1) is 6.04 Å². The Morgan fingerprint density at radius 3 is 2.15 bits per heavy atom. The van der Waals surface area contributed by atoms with Crippen LogP contribution in [0.2, 0.25) is 0 Å². The van der Waals surface area contributed by atoms with E-state index in [1.54, 1.807) is 4.90 Å². The van der Waals surface area contributed by atoms with Gasteiger partial charge in [0.2, 0.25) is 11.8 Å². The van der Waals surface area contributed by atoms with Gasteiger partial charge in [0.1, 0.15) is 6.04 Å². The van der Waals surface area contributed by atoms with Gasteiger partial charge in [-0.05, 0) is 30.7 Å². The number of primary amides is 1. The van der Waals surface area contributed by atoms with Gasteiger partial charge in [0, 0.05) is 19.1 Å². The number of carbonyl (C=O) groups is 2. The van der Waals surface area contributed by atoms with E-state index in [0.717, 1.165) is 6.42 Å². The number of hydrogen-bond donors (Lipinski definition) is 3. The Kier molecular flexibility index (Phi) is 9.46. The molecule has 0 aromatic heterocycles. The molecule has 0 bridgehead atoms. The highest BCUT2D eigenvalue weighted by molar-refractivity contribution is 5.89. The minimum Gasteiger partial charge on any atom is -0.368 e. The second kappa shape index (κ2) is 11.0. The molecule has 0 radical (unpaired) electrons. The number of amides is 2. The smallest absolute Gasteiger partial charge is 0.240 e. The Labute approximate surface area is 163 Å². The van der Waals surface area contributed by atoms with Gasteiger partial charge >= 0.3 is 0 Å². The highest BCUT2D eigenvalue weighted by atomic mass is 16.2. The summed E-state index contributed by atoms with van der Waals surface area (Å²) in [5, 5.41) is 3.22. The maximum absolute atomic E-state index is 13.0. The molecule has 2 amide bonds. The molecular formula is C21H36N4O2. The van der Waals surface area contributed by atoms with E-state index in [4.69, 9.17) is 11.5 Å². The summed E-state index contributed by atoms with van der Waals surface area (Å²) in [5.41, 5.74) is 13.0. The average Bonchev–Trinajstić information content (AvgIpc) is 2.58. The Balaban J connectivity index is 2.72. The Bertz CT molecular complexity index is 589. The van der Waals surface area contributed by atoms with Crippen LogP contribution in [-0.4, -0.2) is 47.9 Å². The Hall–Kier alpha value is -1.92. The van der Waals surface area contributed by atoms with E-state index in [9.17, 15) is 9.59 Å². The van der Waals surface area contributed by atoms with Crippen LogP contribution in [0, 0.1) is 11.8 Å². The molecule has 3 atom stereocenters. The molecule has 1 aromatic rings. The third-order valence-electron chi connectivity index (χ3n) is 4.50. The van der Waals surface area contributed by atoms with E-state index < -0.39 is 18.0 Å². The predicted octanol–water partition coefficient (Wildman–Crippen LogP) is 1.53. The molecule has 5 N–H and O–H groups in total. The Morgan fingerprint density at radius 1 is 1.07 bits per heavy atom. The molecule has 1 rings (SSSR count). The summed E-state index contributed by atoms with van der Waals surface area (Å²) < 4.78 is 0. The molecule has 0 aliphatic heterocycles. The van der Waals surface area contributed by atoms with E-state index in [-0.39, 0.29) is 23.8 Å². The summed E-state index contributed by atoms with van der Waals surface area (Å²) >= 11 is 0. The SMILES string of the molecule is CC(C)CN(C(=O)[C@H](C)NC[C@@H](N)Cc1ccccc1)[C@H](C(N)=O)C(C)C. The first-order valence-electron chi connectivity index (χ1n) is 9.76. The molecule has 0 saturated heterocycles. The predicted molar refractivity (Wildman–Crippen MR) is 110 cm³/mol. The second-order valence-corrected chi connectivity index (χ2v) is 8.06. The molecule has 0 aliphatic carbocycles. The van der Waals surface area contributed by atoms with Crippen molar-refractivity contribution in [1.29, 1.82) is 0 Å². The Morgan fingerprint density at radius 2 is 1.67 bits per heavy atom. The zero-order valence-electron chi connectivity index (χ0n) is 17.3. The van der Waals surface area contributed by atoms with Crippen molar-refractivity contribution >= 4 is 11.8 Å². The first kappa shape index (κ1) is 23.1. The lowest BCUT2D eigenvalue weighted by Crippen LogP contribution is -2.57. The van der Waals surface area contributed by atoms with Crippen molar-refractivity contribution in [3.63, 3.8) is 0 Å². The van der Waals surface area contributed by atoms with Crippen molar-refractivity contribution in [1.82, 2.24) is 10.2 Å². The number of nitrogens with one attached hydrogen (secondary N) is 1. The highest BCUT2D eigenvalue weighted by Gasteiger charge is 2.33. The number of nitrogens with two attached hydrogens (primary N) is 2. The van der Waals surface area contributed by atoms with Crippen LogP contribution in [0.15, 0.2) is 30.3 Å². The fourth-order valence-electron chi connectivity index (χ4n) is 3.23. The van der Waals surface area contributed by atoms with Gasteiger partial charge in [-0.25, -0.2) is 0 Å².